The molecule has 1 aromatic carbocycles. The Morgan fingerprint density at radius 2 is 1.95 bits per heavy atom. The normalized spacial score (nSPS) is 10.0. The summed E-state index contributed by atoms with van der Waals surface area (Å²) in [5.74, 6) is -1.23. The van der Waals surface area contributed by atoms with Crippen LogP contribution in [0.25, 0.3) is 0 Å². The highest BCUT2D eigenvalue weighted by atomic mass is 35.5. The molecule has 0 aliphatic heterocycles. The number of ether oxygens (including phenoxy) is 1. The van der Waals surface area contributed by atoms with Crippen molar-refractivity contribution in [3.05, 3.63) is 58.3 Å². The van der Waals surface area contributed by atoms with E-state index in [4.69, 9.17) is 27.9 Å². The van der Waals surface area contributed by atoms with Crippen LogP contribution in [-0.4, -0.2) is 23.5 Å². The molecule has 0 saturated carbocycles. The van der Waals surface area contributed by atoms with E-state index in [9.17, 15) is 9.59 Å². The van der Waals surface area contributed by atoms with Gasteiger partial charge in [0.15, 0.2) is 6.61 Å². The van der Waals surface area contributed by atoms with Crippen molar-refractivity contribution >= 4 is 40.8 Å². The predicted octanol–water partition coefficient (Wildman–Crippen LogP) is 3.18. The zero-order valence-electron chi connectivity index (χ0n) is 10.7. The standard InChI is InChI=1S/C14H10Cl2N2O3/c15-9-5-6-17-12(7-9)14(20)21-8-13(19)18-11-4-2-1-3-10(11)16/h1-7H,8H2,(H,18,19). The summed E-state index contributed by atoms with van der Waals surface area (Å²) >= 11 is 11.6. The van der Waals surface area contributed by atoms with Gasteiger partial charge in [-0.25, -0.2) is 9.78 Å². The average Bonchev–Trinajstić information content (AvgIpc) is 2.47. The number of esters is 1. The summed E-state index contributed by atoms with van der Waals surface area (Å²) in [7, 11) is 0. The summed E-state index contributed by atoms with van der Waals surface area (Å²) in [5, 5.41) is 3.29. The molecule has 0 aliphatic carbocycles. The number of rotatable bonds is 4. The van der Waals surface area contributed by atoms with E-state index >= 15 is 0 Å². The number of carbonyl (C=O) groups excluding carboxylic acids is 2. The molecule has 0 bridgehead atoms. The maximum absolute atomic E-state index is 11.7. The van der Waals surface area contributed by atoms with Crippen molar-refractivity contribution in [2.24, 2.45) is 0 Å². The Balaban J connectivity index is 1.90. The molecule has 0 saturated heterocycles. The van der Waals surface area contributed by atoms with Crippen LogP contribution in [0.5, 0.6) is 0 Å². The third-order valence-electron chi connectivity index (χ3n) is 2.41. The quantitative estimate of drug-likeness (QED) is 0.877. The van der Waals surface area contributed by atoms with Gasteiger partial charge < -0.3 is 10.1 Å². The summed E-state index contributed by atoms with van der Waals surface area (Å²) in [6.45, 7) is -0.446. The maximum Gasteiger partial charge on any atom is 0.357 e. The number of anilines is 1. The molecule has 0 atom stereocenters. The van der Waals surface area contributed by atoms with E-state index < -0.39 is 18.5 Å². The molecule has 0 unspecified atom stereocenters. The molecule has 0 spiro atoms. The molecule has 21 heavy (non-hydrogen) atoms. The Morgan fingerprint density at radius 3 is 2.67 bits per heavy atom. The number of halogens is 2. The third-order valence-corrected chi connectivity index (χ3v) is 2.98. The highest BCUT2D eigenvalue weighted by Crippen LogP contribution is 2.20. The van der Waals surface area contributed by atoms with Crippen LogP contribution < -0.4 is 5.32 Å². The van der Waals surface area contributed by atoms with Gasteiger partial charge in [-0.1, -0.05) is 35.3 Å². The van der Waals surface area contributed by atoms with Gasteiger partial charge in [0.1, 0.15) is 5.69 Å². The number of hydrogen-bond donors (Lipinski definition) is 1. The van der Waals surface area contributed by atoms with Crippen molar-refractivity contribution < 1.29 is 14.3 Å². The second kappa shape index (κ2) is 7.06. The minimum atomic E-state index is -0.730. The molecule has 7 heteroatoms. The Hall–Kier alpha value is -2.11. The van der Waals surface area contributed by atoms with Gasteiger partial charge in [-0.2, -0.15) is 0 Å². The molecular formula is C14H10Cl2N2O3. The molecule has 1 amide bonds. The molecule has 0 radical (unpaired) electrons. The molecule has 1 N–H and O–H groups in total. The van der Waals surface area contributed by atoms with Gasteiger partial charge in [0.25, 0.3) is 5.91 Å². The van der Waals surface area contributed by atoms with E-state index in [1.165, 1.54) is 18.3 Å². The van der Waals surface area contributed by atoms with Crippen LogP contribution in [0, 0.1) is 0 Å². The van der Waals surface area contributed by atoms with Crippen LogP contribution in [0.15, 0.2) is 42.6 Å². The zero-order chi connectivity index (χ0) is 15.2. The number of benzene rings is 1. The first-order valence-corrected chi connectivity index (χ1v) is 6.65. The smallest absolute Gasteiger partial charge is 0.357 e. The van der Waals surface area contributed by atoms with Crippen LogP contribution >= 0.6 is 23.2 Å². The van der Waals surface area contributed by atoms with Crippen LogP contribution in [0.3, 0.4) is 0 Å². The molecule has 1 aromatic heterocycles. The first-order chi connectivity index (χ1) is 10.1. The van der Waals surface area contributed by atoms with Gasteiger partial charge in [0.2, 0.25) is 0 Å². The predicted molar refractivity (Wildman–Crippen MR) is 79.6 cm³/mol. The lowest BCUT2D eigenvalue weighted by molar-refractivity contribution is -0.119. The molecule has 2 aromatic rings. The summed E-state index contributed by atoms with van der Waals surface area (Å²) in [4.78, 5) is 27.1. The first kappa shape index (κ1) is 15.3. The molecule has 1 heterocycles. The first-order valence-electron chi connectivity index (χ1n) is 5.89. The van der Waals surface area contributed by atoms with E-state index in [1.54, 1.807) is 24.3 Å². The summed E-state index contributed by atoms with van der Waals surface area (Å²) in [6.07, 6.45) is 1.38. The molecule has 2 rings (SSSR count). The minimum absolute atomic E-state index is 0.0352. The van der Waals surface area contributed by atoms with E-state index in [1.807, 2.05) is 0 Å². The van der Waals surface area contributed by atoms with Gasteiger partial charge >= 0.3 is 5.97 Å². The average molecular weight is 325 g/mol. The fourth-order valence-electron chi connectivity index (χ4n) is 1.47. The topological polar surface area (TPSA) is 68.3 Å². The molecule has 0 aliphatic rings. The molecular weight excluding hydrogens is 315 g/mol. The van der Waals surface area contributed by atoms with E-state index in [0.29, 0.717) is 15.7 Å². The minimum Gasteiger partial charge on any atom is -0.451 e. The van der Waals surface area contributed by atoms with E-state index in [2.05, 4.69) is 10.3 Å². The van der Waals surface area contributed by atoms with Gasteiger partial charge in [0, 0.05) is 11.2 Å². The lowest BCUT2D eigenvalue weighted by atomic mass is 10.3. The highest BCUT2D eigenvalue weighted by molar-refractivity contribution is 6.33. The molecule has 108 valence electrons. The van der Waals surface area contributed by atoms with Crippen LogP contribution in [0.1, 0.15) is 10.5 Å². The van der Waals surface area contributed by atoms with Crippen molar-refractivity contribution in [3.8, 4) is 0 Å². The number of hydrogen-bond acceptors (Lipinski definition) is 4. The lowest BCUT2D eigenvalue weighted by Gasteiger charge is -2.07. The zero-order valence-corrected chi connectivity index (χ0v) is 12.2. The monoisotopic (exact) mass is 324 g/mol. The second-order valence-corrected chi connectivity index (χ2v) is 4.81. The van der Waals surface area contributed by atoms with Gasteiger partial charge in [-0.3, -0.25) is 4.79 Å². The van der Waals surface area contributed by atoms with Crippen LogP contribution in [0.2, 0.25) is 10.0 Å². The Bertz CT molecular complexity index is 677. The molecule has 5 nitrogen and oxygen atoms in total. The maximum atomic E-state index is 11.7. The van der Waals surface area contributed by atoms with E-state index in [-0.39, 0.29) is 5.69 Å². The van der Waals surface area contributed by atoms with Crippen molar-refractivity contribution in [3.63, 3.8) is 0 Å². The lowest BCUT2D eigenvalue weighted by Crippen LogP contribution is -2.21. The van der Waals surface area contributed by atoms with Crippen molar-refractivity contribution in [2.45, 2.75) is 0 Å². The Labute approximate surface area is 130 Å². The largest absolute Gasteiger partial charge is 0.451 e. The van der Waals surface area contributed by atoms with Crippen molar-refractivity contribution in [2.75, 3.05) is 11.9 Å². The fourth-order valence-corrected chi connectivity index (χ4v) is 1.81. The van der Waals surface area contributed by atoms with Gasteiger partial charge in [-0.05, 0) is 24.3 Å². The van der Waals surface area contributed by atoms with Gasteiger partial charge in [0.05, 0.1) is 10.7 Å². The van der Waals surface area contributed by atoms with Crippen LogP contribution in [0.4, 0.5) is 5.69 Å². The number of aromatic nitrogens is 1. The molecule has 0 fully saturated rings. The Morgan fingerprint density at radius 1 is 1.19 bits per heavy atom. The SMILES string of the molecule is O=C(COC(=O)c1cc(Cl)ccn1)Nc1ccccc1Cl. The number of nitrogens with one attached hydrogen (secondary N) is 1. The number of nitrogens with zero attached hydrogens (tertiary/aromatic N) is 1. The van der Waals surface area contributed by atoms with E-state index in [0.717, 1.165) is 0 Å². The summed E-state index contributed by atoms with van der Waals surface area (Å²) in [6, 6.07) is 9.63. The Kier molecular flexibility index (Phi) is 5.14. The summed E-state index contributed by atoms with van der Waals surface area (Å²) in [5.41, 5.74) is 0.481. The number of carbonyl (C=O) groups is 2. The van der Waals surface area contributed by atoms with Gasteiger partial charge in [-0.15, -0.1) is 0 Å². The number of pyridine rings is 1. The van der Waals surface area contributed by atoms with Crippen molar-refractivity contribution in [1.82, 2.24) is 4.98 Å². The highest BCUT2D eigenvalue weighted by Gasteiger charge is 2.12. The fraction of sp³-hybridized carbons (Fsp3) is 0.0714. The number of para-hydroxylation sites is 1. The van der Waals surface area contributed by atoms with Crippen molar-refractivity contribution in [1.29, 1.82) is 0 Å². The van der Waals surface area contributed by atoms with Crippen LogP contribution in [-0.2, 0) is 9.53 Å². The second-order valence-electron chi connectivity index (χ2n) is 3.96. The number of amides is 1. The third kappa shape index (κ3) is 4.44. The summed E-state index contributed by atoms with van der Waals surface area (Å²) < 4.78 is 4.84.